The van der Waals surface area contributed by atoms with Gasteiger partial charge in [-0.05, 0) is 87.5 Å². The van der Waals surface area contributed by atoms with Crippen molar-refractivity contribution < 1.29 is 38.1 Å². The maximum atomic E-state index is 12.9. The van der Waals surface area contributed by atoms with Gasteiger partial charge in [0.1, 0.15) is 11.1 Å². The fraction of sp³-hybridized carbons (Fsp3) is 0.647. The van der Waals surface area contributed by atoms with Crippen LogP contribution < -0.4 is 0 Å². The number of hydrogen-bond acceptors (Lipinski definition) is 10. The van der Waals surface area contributed by atoms with Crippen LogP contribution >= 0.6 is 0 Å². The normalized spacial score (nSPS) is 19.4. The molecule has 0 spiro atoms. The number of ether oxygens (including phenoxy) is 4. The van der Waals surface area contributed by atoms with Crippen LogP contribution in [0.3, 0.4) is 0 Å². The maximum Gasteiger partial charge on any atom is 0.345 e. The van der Waals surface area contributed by atoms with E-state index in [4.69, 9.17) is 18.9 Å². The quantitative estimate of drug-likeness (QED) is 0.111. The fourth-order valence-corrected chi connectivity index (χ4v) is 6.26. The lowest BCUT2D eigenvalue weighted by Crippen LogP contribution is -2.47. The van der Waals surface area contributed by atoms with E-state index in [-0.39, 0.29) is 48.4 Å². The number of nitrogens with zero attached hydrogens (tertiary/aromatic N) is 2. The minimum atomic E-state index is -0.653. The van der Waals surface area contributed by atoms with E-state index in [1.807, 2.05) is 12.2 Å². The van der Waals surface area contributed by atoms with E-state index in [9.17, 15) is 19.2 Å². The standard InChI is InChI=1S/C34H50N2O8/c1-9-41-29(37)27(30(38)42-10-2)23-17-25(21-33(5,6)19-23)35-13-15-36(16-14-35)26-18-24(20-34(7,8)22-26)28(31(39)43-11-3)32(40)44-12-4/h17-18H,9-16,19-22H2,1-8H3. The van der Waals surface area contributed by atoms with Crippen LogP contribution in [0.4, 0.5) is 0 Å². The maximum absolute atomic E-state index is 12.9. The Hall–Kier alpha value is -3.56. The molecule has 44 heavy (non-hydrogen) atoms. The van der Waals surface area contributed by atoms with Crippen LogP contribution in [-0.4, -0.2) is 86.3 Å². The molecule has 244 valence electrons. The number of carbonyl (C=O) groups excluding carboxylic acids is 4. The molecule has 1 heterocycles. The topological polar surface area (TPSA) is 112 Å². The smallest absolute Gasteiger partial charge is 0.345 e. The Bertz CT molecular complexity index is 1110. The van der Waals surface area contributed by atoms with Crippen LogP contribution in [0.1, 0.15) is 81.1 Å². The molecular formula is C34H50N2O8. The third-order valence-electron chi connectivity index (χ3n) is 7.99. The van der Waals surface area contributed by atoms with Gasteiger partial charge >= 0.3 is 23.9 Å². The number of hydrogen-bond donors (Lipinski definition) is 0. The van der Waals surface area contributed by atoms with Crippen molar-refractivity contribution in [1.29, 1.82) is 0 Å². The highest BCUT2D eigenvalue weighted by atomic mass is 16.6. The van der Waals surface area contributed by atoms with E-state index in [1.54, 1.807) is 27.7 Å². The Balaban J connectivity index is 1.92. The molecule has 0 aromatic rings. The summed E-state index contributed by atoms with van der Waals surface area (Å²) in [4.78, 5) is 56.1. The molecular weight excluding hydrogens is 564 g/mol. The molecule has 0 aromatic carbocycles. The molecule has 3 rings (SSSR count). The van der Waals surface area contributed by atoms with Gasteiger partial charge in [0.25, 0.3) is 0 Å². The van der Waals surface area contributed by atoms with Crippen molar-refractivity contribution in [3.05, 3.63) is 45.8 Å². The van der Waals surface area contributed by atoms with Gasteiger partial charge in [-0.2, -0.15) is 0 Å². The second kappa shape index (κ2) is 14.9. The molecule has 3 aliphatic rings. The Morgan fingerprint density at radius 2 is 0.818 bits per heavy atom. The molecule has 2 aliphatic carbocycles. The van der Waals surface area contributed by atoms with Gasteiger partial charge in [-0.3, -0.25) is 0 Å². The predicted octanol–water partition coefficient (Wildman–Crippen LogP) is 4.86. The average Bonchev–Trinajstić information content (AvgIpc) is 2.92. The third-order valence-corrected chi connectivity index (χ3v) is 7.99. The average molecular weight is 615 g/mol. The van der Waals surface area contributed by atoms with Crippen LogP contribution in [-0.2, 0) is 38.1 Å². The molecule has 1 saturated heterocycles. The zero-order valence-corrected chi connectivity index (χ0v) is 27.8. The molecule has 0 amide bonds. The Morgan fingerprint density at radius 3 is 1.07 bits per heavy atom. The van der Waals surface area contributed by atoms with Crippen LogP contribution in [0.15, 0.2) is 45.8 Å². The van der Waals surface area contributed by atoms with E-state index < -0.39 is 23.9 Å². The summed E-state index contributed by atoms with van der Waals surface area (Å²) < 4.78 is 21.0. The second-order valence-electron chi connectivity index (χ2n) is 13.0. The van der Waals surface area contributed by atoms with Crippen LogP contribution in [0.2, 0.25) is 0 Å². The van der Waals surface area contributed by atoms with Gasteiger partial charge in [0.15, 0.2) is 0 Å². The molecule has 1 fully saturated rings. The van der Waals surface area contributed by atoms with Crippen molar-refractivity contribution in [1.82, 2.24) is 9.80 Å². The highest BCUT2D eigenvalue weighted by Gasteiger charge is 2.37. The van der Waals surface area contributed by atoms with Crippen molar-refractivity contribution in [3.8, 4) is 0 Å². The van der Waals surface area contributed by atoms with E-state index in [1.165, 1.54) is 0 Å². The van der Waals surface area contributed by atoms with Crippen molar-refractivity contribution >= 4 is 23.9 Å². The second-order valence-corrected chi connectivity index (χ2v) is 13.0. The molecule has 0 radical (unpaired) electrons. The van der Waals surface area contributed by atoms with Crippen molar-refractivity contribution in [2.75, 3.05) is 52.6 Å². The molecule has 0 unspecified atom stereocenters. The molecule has 0 N–H and O–H groups in total. The van der Waals surface area contributed by atoms with Gasteiger partial charge in [0.05, 0.1) is 26.4 Å². The van der Waals surface area contributed by atoms with Crippen LogP contribution in [0, 0.1) is 10.8 Å². The van der Waals surface area contributed by atoms with Gasteiger partial charge in [-0.15, -0.1) is 0 Å². The lowest BCUT2D eigenvalue weighted by atomic mass is 9.75. The highest BCUT2D eigenvalue weighted by molar-refractivity contribution is 6.15. The van der Waals surface area contributed by atoms with Gasteiger partial charge in [0, 0.05) is 37.6 Å². The third kappa shape index (κ3) is 8.76. The Labute approximate surface area is 262 Å². The molecule has 0 aromatic heterocycles. The summed E-state index contributed by atoms with van der Waals surface area (Å²) in [5, 5.41) is 0. The fourth-order valence-electron chi connectivity index (χ4n) is 6.26. The first-order chi connectivity index (χ1) is 20.8. The first-order valence-corrected chi connectivity index (χ1v) is 15.8. The summed E-state index contributed by atoms with van der Waals surface area (Å²) in [5.74, 6) is -2.61. The van der Waals surface area contributed by atoms with Crippen LogP contribution in [0.5, 0.6) is 0 Å². The zero-order chi connectivity index (χ0) is 32.7. The van der Waals surface area contributed by atoms with E-state index >= 15 is 0 Å². The molecule has 10 nitrogen and oxygen atoms in total. The monoisotopic (exact) mass is 614 g/mol. The van der Waals surface area contributed by atoms with Gasteiger partial charge in [-0.1, -0.05) is 27.7 Å². The Morgan fingerprint density at radius 1 is 0.545 bits per heavy atom. The summed E-state index contributed by atoms with van der Waals surface area (Å²) in [5.41, 5.74) is 3.05. The van der Waals surface area contributed by atoms with Crippen molar-refractivity contribution in [2.45, 2.75) is 81.1 Å². The minimum absolute atomic E-state index is 0.0227. The predicted molar refractivity (Wildman–Crippen MR) is 166 cm³/mol. The summed E-state index contributed by atoms with van der Waals surface area (Å²) in [6, 6.07) is 0. The molecule has 0 bridgehead atoms. The minimum Gasteiger partial charge on any atom is -0.462 e. The van der Waals surface area contributed by atoms with Crippen molar-refractivity contribution in [2.24, 2.45) is 10.8 Å². The summed E-state index contributed by atoms with van der Waals surface area (Å²) >= 11 is 0. The molecule has 0 atom stereocenters. The largest absolute Gasteiger partial charge is 0.462 e. The van der Waals surface area contributed by atoms with Gasteiger partial charge in [-0.25, -0.2) is 19.2 Å². The summed E-state index contributed by atoms with van der Waals surface area (Å²) in [6.45, 7) is 19.0. The van der Waals surface area contributed by atoms with E-state index in [0.29, 0.717) is 24.0 Å². The molecule has 0 saturated carbocycles. The van der Waals surface area contributed by atoms with E-state index in [2.05, 4.69) is 37.5 Å². The van der Waals surface area contributed by atoms with Crippen molar-refractivity contribution in [3.63, 3.8) is 0 Å². The SMILES string of the molecule is CCOC(=O)C(C(=O)OCC)=C1C=C(N2CCN(C3=CC(=C(C(=O)OCC)C(=O)OCC)CC(C)(C)C3)CC2)CC(C)(C)C1. The van der Waals surface area contributed by atoms with Crippen LogP contribution in [0.25, 0.3) is 0 Å². The molecule has 10 heteroatoms. The zero-order valence-electron chi connectivity index (χ0n) is 27.8. The lowest BCUT2D eigenvalue weighted by molar-refractivity contribution is -0.148. The number of rotatable bonds is 10. The Kier molecular flexibility index (Phi) is 11.9. The molecule has 1 aliphatic heterocycles. The first kappa shape index (κ1) is 34.9. The number of allylic oxidation sites excluding steroid dienone is 6. The number of carbonyl (C=O) groups is 4. The van der Waals surface area contributed by atoms with Gasteiger partial charge in [0.2, 0.25) is 0 Å². The lowest BCUT2D eigenvalue weighted by Gasteiger charge is -2.45. The highest BCUT2D eigenvalue weighted by Crippen LogP contribution is 2.43. The van der Waals surface area contributed by atoms with Gasteiger partial charge < -0.3 is 28.7 Å². The summed E-state index contributed by atoms with van der Waals surface area (Å²) in [7, 11) is 0. The van der Waals surface area contributed by atoms with E-state index in [0.717, 1.165) is 50.4 Å². The number of piperazine rings is 1. The first-order valence-electron chi connectivity index (χ1n) is 15.8. The number of esters is 4. The summed E-state index contributed by atoms with van der Waals surface area (Å²) in [6.07, 6.45) is 6.67.